The monoisotopic (exact) mass is 543 g/mol. The molecule has 0 saturated carbocycles. The Morgan fingerprint density at radius 1 is 0.548 bits per heavy atom. The molecule has 5 aromatic carbocycles. The lowest BCUT2D eigenvalue weighted by molar-refractivity contribution is -0.717. The summed E-state index contributed by atoms with van der Waals surface area (Å²) in [4.78, 5) is 0. The van der Waals surface area contributed by atoms with Crippen LogP contribution in [0.25, 0.3) is 66.4 Å². The molecule has 42 heavy (non-hydrogen) atoms. The zero-order valence-corrected chi connectivity index (χ0v) is 24.3. The molecule has 0 amide bonds. The summed E-state index contributed by atoms with van der Waals surface area (Å²) < 4.78 is 6.78. The molecule has 0 bridgehead atoms. The predicted molar refractivity (Wildman–Crippen MR) is 174 cm³/mol. The smallest absolute Gasteiger partial charge is 0.241 e. The maximum Gasteiger partial charge on any atom is 0.241 e. The first kappa shape index (κ1) is 24.6. The normalized spacial score (nSPS) is 11.8. The lowest BCUT2D eigenvalue weighted by atomic mass is 9.97. The van der Waals surface area contributed by atoms with Gasteiger partial charge in [0, 0.05) is 38.7 Å². The van der Waals surface area contributed by atoms with Gasteiger partial charge >= 0.3 is 0 Å². The molecule has 3 aromatic heterocycles. The predicted octanol–water partition coefficient (Wildman–Crippen LogP) is 8.69. The van der Waals surface area contributed by atoms with Crippen molar-refractivity contribution in [2.24, 2.45) is 7.05 Å². The van der Waals surface area contributed by atoms with Gasteiger partial charge in [-0.15, -0.1) is 0 Å². The number of benzene rings is 5. The number of para-hydroxylation sites is 3. The fourth-order valence-corrected chi connectivity index (χ4v) is 6.70. The molecule has 0 aliphatic rings. The van der Waals surface area contributed by atoms with E-state index >= 15 is 0 Å². The molecule has 3 heterocycles. The molecule has 0 radical (unpaired) electrons. The maximum atomic E-state index is 5.17. The van der Waals surface area contributed by atoms with E-state index in [0.717, 1.165) is 33.3 Å². The second kappa shape index (κ2) is 9.15. The maximum absolute atomic E-state index is 5.17. The van der Waals surface area contributed by atoms with Crippen molar-refractivity contribution in [1.82, 2.24) is 14.2 Å². The molecule has 202 valence electrons. The van der Waals surface area contributed by atoms with Gasteiger partial charge in [0.1, 0.15) is 0 Å². The number of aryl methyl sites for hydroxylation is 3. The van der Waals surface area contributed by atoms with E-state index in [9.17, 15) is 0 Å². The van der Waals surface area contributed by atoms with Crippen molar-refractivity contribution in [3.05, 3.63) is 132 Å². The van der Waals surface area contributed by atoms with Crippen LogP contribution < -0.4 is 4.68 Å². The minimum absolute atomic E-state index is 1.01. The van der Waals surface area contributed by atoms with Crippen LogP contribution in [0.2, 0.25) is 0 Å². The Bertz CT molecular complexity index is 2340. The summed E-state index contributed by atoms with van der Waals surface area (Å²) in [5.74, 6) is 0. The SMILES string of the molecule is Cc1cc(C)c(C)c(-c2cc3c(n[n+]2C)c2ccccc2n3-c2ccc3c(c2)c2ccccc2n3-c2ccccc2)c1. The second-order valence-electron chi connectivity index (χ2n) is 11.4. The lowest BCUT2D eigenvalue weighted by Crippen LogP contribution is -2.35. The van der Waals surface area contributed by atoms with Crippen molar-refractivity contribution in [2.45, 2.75) is 20.8 Å². The summed E-state index contributed by atoms with van der Waals surface area (Å²) in [5, 5.41) is 8.81. The van der Waals surface area contributed by atoms with Gasteiger partial charge in [0.2, 0.25) is 5.69 Å². The molecule has 8 aromatic rings. The Morgan fingerprint density at radius 3 is 1.98 bits per heavy atom. The average molecular weight is 544 g/mol. The molecule has 0 aliphatic carbocycles. The first-order valence-corrected chi connectivity index (χ1v) is 14.5. The third-order valence-corrected chi connectivity index (χ3v) is 8.77. The molecule has 0 saturated heterocycles. The molecule has 0 atom stereocenters. The Balaban J connectivity index is 1.45. The van der Waals surface area contributed by atoms with Gasteiger partial charge in [0.15, 0.2) is 12.6 Å². The van der Waals surface area contributed by atoms with Gasteiger partial charge in [0.25, 0.3) is 0 Å². The molecule has 4 nitrogen and oxygen atoms in total. The largest absolute Gasteiger partial charge is 0.309 e. The van der Waals surface area contributed by atoms with E-state index in [1.54, 1.807) is 0 Å². The van der Waals surface area contributed by atoms with Crippen LogP contribution in [0.4, 0.5) is 0 Å². The lowest BCUT2D eigenvalue weighted by Gasteiger charge is -2.11. The molecule has 0 N–H and O–H groups in total. The Kier molecular flexibility index (Phi) is 5.35. The summed E-state index contributed by atoms with van der Waals surface area (Å²) >= 11 is 0. The third kappa shape index (κ3) is 3.55. The number of aromatic nitrogens is 4. The number of hydrogen-bond donors (Lipinski definition) is 0. The van der Waals surface area contributed by atoms with Gasteiger partial charge in [-0.25, -0.2) is 0 Å². The van der Waals surface area contributed by atoms with E-state index < -0.39 is 0 Å². The van der Waals surface area contributed by atoms with Gasteiger partial charge < -0.3 is 9.13 Å². The zero-order chi connectivity index (χ0) is 28.5. The Labute approximate surface area is 244 Å². The first-order valence-electron chi connectivity index (χ1n) is 14.5. The van der Waals surface area contributed by atoms with Crippen molar-refractivity contribution in [1.29, 1.82) is 0 Å². The highest BCUT2D eigenvalue weighted by Crippen LogP contribution is 2.37. The van der Waals surface area contributed by atoms with Crippen molar-refractivity contribution >= 4 is 43.7 Å². The van der Waals surface area contributed by atoms with Crippen LogP contribution in [0.3, 0.4) is 0 Å². The van der Waals surface area contributed by atoms with Crippen molar-refractivity contribution < 1.29 is 4.68 Å². The van der Waals surface area contributed by atoms with E-state index in [0.29, 0.717) is 0 Å². The van der Waals surface area contributed by atoms with Gasteiger partial charge in [-0.1, -0.05) is 70.9 Å². The average Bonchev–Trinajstić information content (AvgIpc) is 3.51. The number of fused-ring (bicyclic) bond motifs is 6. The van der Waals surface area contributed by atoms with Gasteiger partial charge in [0.05, 0.1) is 27.6 Å². The highest BCUT2D eigenvalue weighted by atomic mass is 15.3. The van der Waals surface area contributed by atoms with E-state index in [-0.39, 0.29) is 0 Å². The Morgan fingerprint density at radius 2 is 1.19 bits per heavy atom. The van der Waals surface area contributed by atoms with Crippen LogP contribution in [0.1, 0.15) is 16.7 Å². The van der Waals surface area contributed by atoms with Gasteiger partial charge in [-0.05, 0) is 80.4 Å². The van der Waals surface area contributed by atoms with E-state index in [1.807, 2.05) is 4.68 Å². The molecule has 0 aliphatic heterocycles. The van der Waals surface area contributed by atoms with E-state index in [1.165, 1.54) is 49.7 Å². The first-order chi connectivity index (χ1) is 20.5. The number of hydrogen-bond acceptors (Lipinski definition) is 1. The molecular formula is C38H31N4+. The summed E-state index contributed by atoms with van der Waals surface area (Å²) in [6.45, 7) is 6.57. The quantitative estimate of drug-likeness (QED) is 0.205. The summed E-state index contributed by atoms with van der Waals surface area (Å²) in [7, 11) is 2.06. The molecule has 8 rings (SSSR count). The van der Waals surface area contributed by atoms with Crippen molar-refractivity contribution in [3.8, 4) is 22.6 Å². The minimum atomic E-state index is 1.01. The molecule has 0 spiro atoms. The fourth-order valence-electron chi connectivity index (χ4n) is 6.70. The van der Waals surface area contributed by atoms with Crippen LogP contribution >= 0.6 is 0 Å². The van der Waals surface area contributed by atoms with Crippen LogP contribution in [0, 0.1) is 20.8 Å². The van der Waals surface area contributed by atoms with Gasteiger partial charge in [-0.2, -0.15) is 0 Å². The van der Waals surface area contributed by atoms with Crippen LogP contribution in [0.5, 0.6) is 0 Å². The highest BCUT2D eigenvalue weighted by Gasteiger charge is 2.23. The van der Waals surface area contributed by atoms with E-state index in [2.05, 4.69) is 152 Å². The van der Waals surface area contributed by atoms with E-state index in [4.69, 9.17) is 5.10 Å². The highest BCUT2D eigenvalue weighted by molar-refractivity contribution is 6.11. The summed E-state index contributed by atoms with van der Waals surface area (Å²) in [6.07, 6.45) is 0. The van der Waals surface area contributed by atoms with Crippen LogP contribution in [0.15, 0.2) is 115 Å². The van der Waals surface area contributed by atoms with Gasteiger partial charge in [-0.3, -0.25) is 0 Å². The van der Waals surface area contributed by atoms with Crippen LogP contribution in [-0.2, 0) is 7.05 Å². The second-order valence-corrected chi connectivity index (χ2v) is 11.4. The topological polar surface area (TPSA) is 26.6 Å². The molecule has 4 heteroatoms. The molecule has 0 unspecified atom stereocenters. The number of nitrogens with zero attached hydrogens (tertiary/aromatic N) is 4. The summed E-state index contributed by atoms with van der Waals surface area (Å²) in [5.41, 5.74) is 14.1. The third-order valence-electron chi connectivity index (χ3n) is 8.77. The fraction of sp³-hybridized carbons (Fsp3) is 0.105. The van der Waals surface area contributed by atoms with Crippen LogP contribution in [-0.4, -0.2) is 14.2 Å². The number of rotatable bonds is 3. The summed E-state index contributed by atoms with van der Waals surface area (Å²) in [6, 6.07) is 41.6. The van der Waals surface area contributed by atoms with Crippen molar-refractivity contribution in [3.63, 3.8) is 0 Å². The molecule has 0 fully saturated rings. The zero-order valence-electron chi connectivity index (χ0n) is 24.3. The molecular weight excluding hydrogens is 512 g/mol. The Hall–Kier alpha value is -5.22. The standard InChI is InChI=1S/C38H31N4/c1-24-20-25(2)26(3)31(21-24)36-23-37-38(39-40(36)4)30-15-9-11-17-34(30)42(37)28-18-19-35-32(22-28)29-14-8-10-16-33(29)41(35)27-12-6-5-7-13-27/h5-23H,1-4H3/q+1. The van der Waals surface area contributed by atoms with Crippen molar-refractivity contribution in [2.75, 3.05) is 0 Å². The minimum Gasteiger partial charge on any atom is -0.309 e.